The molecular weight excluding hydrogens is 398 g/mol. The first-order valence-electron chi connectivity index (χ1n) is 13.1. The second-order valence-electron chi connectivity index (χ2n) is 11.2. The van der Waals surface area contributed by atoms with Crippen molar-refractivity contribution in [1.82, 2.24) is 0 Å². The number of fused-ring (bicyclic) bond motifs is 2. The summed E-state index contributed by atoms with van der Waals surface area (Å²) in [6, 6.07) is 18.8. The third kappa shape index (κ3) is 3.97. The quantitative estimate of drug-likeness (QED) is 0.285. The average Bonchev–Trinajstić information content (AvgIpc) is 3.32. The van der Waals surface area contributed by atoms with Crippen LogP contribution in [0.3, 0.4) is 0 Å². The van der Waals surface area contributed by atoms with Crippen LogP contribution in [0.25, 0.3) is 32.8 Å². The number of hydrogen-bond acceptors (Lipinski definition) is 0. The highest BCUT2D eigenvalue weighted by atomic mass is 14.9. The second kappa shape index (κ2) is 8.28. The molecule has 1 aliphatic carbocycles. The fraction of sp³-hybridized carbons (Fsp3) is 0.406. The molecule has 4 aromatic rings. The third-order valence-electron chi connectivity index (χ3n) is 7.87. The molecule has 1 aromatic heterocycles. The summed E-state index contributed by atoms with van der Waals surface area (Å²) >= 11 is 0. The molecule has 5 rings (SSSR count). The van der Waals surface area contributed by atoms with Crippen molar-refractivity contribution < 1.29 is 5.94 Å². The van der Waals surface area contributed by atoms with Crippen molar-refractivity contribution in [2.45, 2.75) is 72.1 Å². The summed E-state index contributed by atoms with van der Waals surface area (Å²) in [6.45, 7) is 11.3. The molecule has 0 aliphatic heterocycles. The number of rotatable bonds is 3. The van der Waals surface area contributed by atoms with Gasteiger partial charge in [-0.25, -0.2) is 0 Å². The smallest absolute Gasteiger partial charge is 0.198 e. The van der Waals surface area contributed by atoms with E-state index >= 15 is 0 Å². The lowest BCUT2D eigenvalue weighted by Gasteiger charge is -2.24. The van der Waals surface area contributed by atoms with Crippen LogP contribution in [-0.2, 0) is 18.9 Å². The minimum absolute atomic E-state index is 0.0370. The number of pyridine rings is 1. The Hall–Kier alpha value is -2.67. The fourth-order valence-corrected chi connectivity index (χ4v) is 5.92. The lowest BCUT2D eigenvalue weighted by molar-refractivity contribution is -0.665. The van der Waals surface area contributed by atoms with Crippen molar-refractivity contribution in [2.24, 2.45) is 13.0 Å². The molecule has 1 heterocycles. The van der Waals surface area contributed by atoms with Gasteiger partial charge in [-0.2, -0.15) is 4.57 Å². The van der Waals surface area contributed by atoms with Crippen LogP contribution >= 0.6 is 0 Å². The standard InChI is InChI=1S/C32H38N/c1-21-17-25-19-24(18-23-11-7-8-12-23)15-16-27(25)31(33(21)6)29-20-30(32(3,4)5)28-14-10-9-13-26(28)22(29)2/h9-10,13-17,19-20,23H,7-8,11-12,18H2,1-6H3/q+1/i17D. The summed E-state index contributed by atoms with van der Waals surface area (Å²) in [5.41, 5.74) is 7.64. The highest BCUT2D eigenvalue weighted by Gasteiger charge is 2.26. The Kier molecular flexibility index (Phi) is 5.24. The number of nitrogens with zero attached hydrogens (tertiary/aromatic N) is 1. The maximum absolute atomic E-state index is 8.97. The highest BCUT2D eigenvalue weighted by Crippen LogP contribution is 2.39. The molecule has 170 valence electrons. The summed E-state index contributed by atoms with van der Waals surface area (Å²) in [4.78, 5) is 0. The molecule has 0 radical (unpaired) electrons. The lowest BCUT2D eigenvalue weighted by Crippen LogP contribution is -2.35. The number of hydrogen-bond donors (Lipinski definition) is 0. The largest absolute Gasteiger partial charge is 0.220 e. The molecule has 3 aromatic carbocycles. The van der Waals surface area contributed by atoms with Gasteiger partial charge in [0.1, 0.15) is 7.05 Å². The molecule has 1 saturated carbocycles. The molecule has 1 fully saturated rings. The van der Waals surface area contributed by atoms with Gasteiger partial charge in [0, 0.05) is 13.0 Å². The maximum atomic E-state index is 8.97. The zero-order valence-electron chi connectivity index (χ0n) is 22.2. The summed E-state index contributed by atoms with van der Waals surface area (Å²) in [7, 11) is 2.12. The van der Waals surface area contributed by atoms with Crippen LogP contribution in [0, 0.1) is 19.8 Å². The van der Waals surface area contributed by atoms with Gasteiger partial charge in [-0.1, -0.05) is 82.9 Å². The molecule has 0 unspecified atom stereocenters. The van der Waals surface area contributed by atoms with Crippen molar-refractivity contribution >= 4 is 21.5 Å². The van der Waals surface area contributed by atoms with Gasteiger partial charge in [0.15, 0.2) is 5.69 Å². The van der Waals surface area contributed by atoms with Crippen LogP contribution < -0.4 is 4.57 Å². The van der Waals surface area contributed by atoms with Gasteiger partial charge in [-0.15, -0.1) is 0 Å². The summed E-state index contributed by atoms with van der Waals surface area (Å²) in [6.07, 6.45) is 6.60. The molecule has 1 heteroatoms. The Morgan fingerprint density at radius 2 is 1.64 bits per heavy atom. The van der Waals surface area contributed by atoms with Crippen LogP contribution in [0.15, 0.2) is 54.6 Å². The number of aryl methyl sites for hydroxylation is 1. The predicted molar refractivity (Wildman–Crippen MR) is 142 cm³/mol. The Bertz CT molecular complexity index is 1400. The molecule has 0 N–H and O–H groups in total. The van der Waals surface area contributed by atoms with Gasteiger partial charge < -0.3 is 0 Å². The molecule has 33 heavy (non-hydrogen) atoms. The minimum Gasteiger partial charge on any atom is -0.198 e. The van der Waals surface area contributed by atoms with Crippen LogP contribution in [0.5, 0.6) is 0 Å². The van der Waals surface area contributed by atoms with Gasteiger partial charge in [0.2, 0.25) is 5.69 Å². The van der Waals surface area contributed by atoms with Crippen molar-refractivity contribution in [1.29, 1.82) is 0 Å². The van der Waals surface area contributed by atoms with E-state index in [0.717, 1.165) is 23.4 Å². The zero-order chi connectivity index (χ0) is 24.2. The molecule has 0 amide bonds. The Morgan fingerprint density at radius 3 is 2.33 bits per heavy atom. The van der Waals surface area contributed by atoms with E-state index in [4.69, 9.17) is 1.37 Å². The molecule has 0 atom stereocenters. The van der Waals surface area contributed by atoms with E-state index in [9.17, 15) is 0 Å². The van der Waals surface area contributed by atoms with Crippen molar-refractivity contribution in [3.8, 4) is 11.3 Å². The second-order valence-corrected chi connectivity index (χ2v) is 11.2. The summed E-state index contributed by atoms with van der Waals surface area (Å²) < 4.78 is 11.2. The zero-order valence-corrected chi connectivity index (χ0v) is 21.2. The fourth-order valence-electron chi connectivity index (χ4n) is 5.92. The average molecular weight is 438 g/mol. The SMILES string of the molecule is [2H]c1c(C)[n+](C)c(-c2cc(C(C)(C)C)c3ccccc3c2C)c2ccc(CC3CCCC3)cc12. The first kappa shape index (κ1) is 20.9. The lowest BCUT2D eigenvalue weighted by atomic mass is 9.80. The Labute approximate surface area is 200 Å². The van der Waals surface area contributed by atoms with Crippen molar-refractivity contribution in [3.63, 3.8) is 0 Å². The first-order chi connectivity index (χ1) is 16.2. The van der Waals surface area contributed by atoms with Crippen LogP contribution in [0.4, 0.5) is 0 Å². The molecule has 0 bridgehead atoms. The van der Waals surface area contributed by atoms with E-state index in [1.165, 1.54) is 69.8 Å². The monoisotopic (exact) mass is 437 g/mol. The van der Waals surface area contributed by atoms with Crippen LogP contribution in [0.1, 0.15) is 70.2 Å². The normalized spacial score (nSPS) is 15.5. The molecule has 0 saturated heterocycles. The first-order valence-corrected chi connectivity index (χ1v) is 12.6. The predicted octanol–water partition coefficient (Wildman–Crippen LogP) is 8.13. The Balaban J connectivity index is 1.79. The number of benzene rings is 3. The summed E-state index contributed by atoms with van der Waals surface area (Å²) in [5, 5.41) is 4.94. The van der Waals surface area contributed by atoms with E-state index in [0.29, 0.717) is 6.04 Å². The van der Waals surface area contributed by atoms with Gasteiger partial charge in [0.25, 0.3) is 0 Å². The van der Waals surface area contributed by atoms with Gasteiger partial charge in [-0.05, 0) is 69.7 Å². The van der Waals surface area contributed by atoms with E-state index in [2.05, 4.69) is 94.8 Å². The van der Waals surface area contributed by atoms with E-state index < -0.39 is 0 Å². The molecular formula is C32H38N+. The van der Waals surface area contributed by atoms with Crippen LogP contribution in [0.2, 0.25) is 0 Å². The van der Waals surface area contributed by atoms with Crippen molar-refractivity contribution in [2.75, 3.05) is 0 Å². The minimum atomic E-state index is 0.0370. The van der Waals surface area contributed by atoms with Gasteiger partial charge in [0.05, 0.1) is 12.3 Å². The summed E-state index contributed by atoms with van der Waals surface area (Å²) in [5.74, 6) is 0.809. The molecule has 1 aliphatic rings. The Morgan fingerprint density at radius 1 is 0.939 bits per heavy atom. The molecule has 1 nitrogen and oxygen atoms in total. The number of aromatic nitrogens is 1. The van der Waals surface area contributed by atoms with E-state index in [-0.39, 0.29) is 5.41 Å². The highest BCUT2D eigenvalue weighted by molar-refractivity contribution is 6.00. The molecule has 0 spiro atoms. The third-order valence-corrected chi connectivity index (χ3v) is 7.87. The van der Waals surface area contributed by atoms with Crippen molar-refractivity contribution in [3.05, 3.63) is 77.0 Å². The van der Waals surface area contributed by atoms with E-state index in [1.807, 2.05) is 0 Å². The van der Waals surface area contributed by atoms with Crippen LogP contribution in [-0.4, -0.2) is 0 Å². The van der Waals surface area contributed by atoms with E-state index in [1.54, 1.807) is 0 Å². The van der Waals surface area contributed by atoms with Gasteiger partial charge >= 0.3 is 0 Å². The topological polar surface area (TPSA) is 3.88 Å². The van der Waals surface area contributed by atoms with Gasteiger partial charge in [-0.3, -0.25) is 0 Å². The maximum Gasteiger partial charge on any atom is 0.220 e.